The summed E-state index contributed by atoms with van der Waals surface area (Å²) >= 11 is 0. The molecule has 19 heavy (non-hydrogen) atoms. The Hall–Kier alpha value is -2.23. The van der Waals surface area contributed by atoms with Crippen LogP contribution < -0.4 is 15.4 Å². The molecule has 2 N–H and O–H groups in total. The normalized spacial score (nSPS) is 12.9. The first-order valence-corrected chi connectivity index (χ1v) is 6.20. The lowest BCUT2D eigenvalue weighted by atomic mass is 10.1. The summed E-state index contributed by atoms with van der Waals surface area (Å²) in [5, 5.41) is 0. The van der Waals surface area contributed by atoms with E-state index in [1.165, 1.54) is 6.07 Å². The Balaban J connectivity index is 2.02. The van der Waals surface area contributed by atoms with Crippen molar-refractivity contribution in [1.82, 2.24) is 0 Å². The molecule has 4 heteroatoms. The highest BCUT2D eigenvalue weighted by atomic mass is 19.1. The van der Waals surface area contributed by atoms with Gasteiger partial charge in [0.05, 0.1) is 12.3 Å². The van der Waals surface area contributed by atoms with Crippen LogP contribution in [0.1, 0.15) is 5.56 Å². The molecular formula is C15H15FN2O. The van der Waals surface area contributed by atoms with Gasteiger partial charge in [-0.1, -0.05) is 6.07 Å². The molecule has 98 valence electrons. The number of fused-ring (bicyclic) bond motifs is 1. The molecule has 0 aliphatic carbocycles. The summed E-state index contributed by atoms with van der Waals surface area (Å²) in [6.45, 7) is 0.713. The molecule has 0 amide bonds. The van der Waals surface area contributed by atoms with Gasteiger partial charge in [0.2, 0.25) is 0 Å². The van der Waals surface area contributed by atoms with Crippen molar-refractivity contribution in [2.45, 2.75) is 6.42 Å². The molecule has 0 saturated carbocycles. The predicted octanol–water partition coefficient (Wildman–Crippen LogP) is 3.11. The highest BCUT2D eigenvalue weighted by molar-refractivity contribution is 5.75. The SMILES string of the molecule is CN(c1ccc2c(c1)CCO2)c1c(N)cccc1F. The zero-order valence-electron chi connectivity index (χ0n) is 10.7. The summed E-state index contributed by atoms with van der Waals surface area (Å²) in [5.74, 6) is 0.595. The van der Waals surface area contributed by atoms with Crippen LogP contribution in [0.15, 0.2) is 36.4 Å². The Kier molecular flexibility index (Phi) is 2.78. The van der Waals surface area contributed by atoms with Gasteiger partial charge < -0.3 is 15.4 Å². The van der Waals surface area contributed by atoms with Gasteiger partial charge in [-0.3, -0.25) is 0 Å². The van der Waals surface area contributed by atoms with Crippen molar-refractivity contribution in [3.63, 3.8) is 0 Å². The standard InChI is InChI=1S/C15H15FN2O/c1-18(15-12(16)3-2-4-13(15)17)11-5-6-14-10(9-11)7-8-19-14/h2-6,9H,7-8,17H2,1H3. The highest BCUT2D eigenvalue weighted by Crippen LogP contribution is 2.35. The summed E-state index contributed by atoms with van der Waals surface area (Å²) < 4.78 is 19.4. The van der Waals surface area contributed by atoms with Crippen molar-refractivity contribution >= 4 is 17.1 Å². The predicted molar refractivity (Wildman–Crippen MR) is 74.5 cm³/mol. The second kappa shape index (κ2) is 4.46. The van der Waals surface area contributed by atoms with E-state index in [0.717, 1.165) is 23.4 Å². The van der Waals surface area contributed by atoms with Gasteiger partial charge in [-0.15, -0.1) is 0 Å². The third-order valence-electron chi connectivity index (χ3n) is 3.41. The van der Waals surface area contributed by atoms with Crippen LogP contribution in [0.4, 0.5) is 21.5 Å². The van der Waals surface area contributed by atoms with E-state index in [1.54, 1.807) is 17.0 Å². The van der Waals surface area contributed by atoms with Crippen LogP contribution in [0.25, 0.3) is 0 Å². The molecule has 0 atom stereocenters. The van der Waals surface area contributed by atoms with Crippen LogP contribution in [0.5, 0.6) is 5.75 Å². The lowest BCUT2D eigenvalue weighted by molar-refractivity contribution is 0.357. The van der Waals surface area contributed by atoms with E-state index in [-0.39, 0.29) is 5.82 Å². The number of rotatable bonds is 2. The summed E-state index contributed by atoms with van der Waals surface area (Å²) in [4.78, 5) is 1.77. The Morgan fingerprint density at radius 1 is 1.26 bits per heavy atom. The van der Waals surface area contributed by atoms with Gasteiger partial charge in [0.15, 0.2) is 0 Å². The lowest BCUT2D eigenvalue weighted by Gasteiger charge is -2.22. The van der Waals surface area contributed by atoms with E-state index in [1.807, 2.05) is 25.2 Å². The molecule has 1 heterocycles. The number of ether oxygens (including phenoxy) is 1. The number of para-hydroxylation sites is 1. The van der Waals surface area contributed by atoms with Gasteiger partial charge in [0.1, 0.15) is 17.3 Å². The minimum absolute atomic E-state index is 0.320. The first kappa shape index (κ1) is 11.8. The molecular weight excluding hydrogens is 243 g/mol. The van der Waals surface area contributed by atoms with Crippen LogP contribution in [0, 0.1) is 5.82 Å². The molecule has 0 saturated heterocycles. The van der Waals surface area contributed by atoms with Gasteiger partial charge >= 0.3 is 0 Å². The van der Waals surface area contributed by atoms with Crippen LogP contribution in [0.3, 0.4) is 0 Å². The minimum Gasteiger partial charge on any atom is -0.493 e. The van der Waals surface area contributed by atoms with Crippen LogP contribution in [-0.2, 0) is 6.42 Å². The van der Waals surface area contributed by atoms with E-state index in [2.05, 4.69) is 0 Å². The van der Waals surface area contributed by atoms with Crippen molar-refractivity contribution < 1.29 is 9.13 Å². The second-order valence-corrected chi connectivity index (χ2v) is 4.63. The maximum atomic E-state index is 13.9. The lowest BCUT2D eigenvalue weighted by Crippen LogP contribution is -2.13. The molecule has 0 unspecified atom stereocenters. The Bertz CT molecular complexity index is 607. The van der Waals surface area contributed by atoms with Crippen LogP contribution in [0.2, 0.25) is 0 Å². The van der Waals surface area contributed by atoms with Crippen LogP contribution >= 0.6 is 0 Å². The molecule has 0 radical (unpaired) electrons. The number of hydrogen-bond acceptors (Lipinski definition) is 3. The number of hydrogen-bond donors (Lipinski definition) is 1. The van der Waals surface area contributed by atoms with Crippen molar-refractivity contribution in [3.8, 4) is 5.75 Å². The smallest absolute Gasteiger partial charge is 0.148 e. The number of benzene rings is 2. The van der Waals surface area contributed by atoms with Gasteiger partial charge in [0, 0.05) is 19.2 Å². The fourth-order valence-electron chi connectivity index (χ4n) is 2.40. The van der Waals surface area contributed by atoms with Crippen molar-refractivity contribution in [3.05, 3.63) is 47.8 Å². The molecule has 2 aromatic carbocycles. The molecule has 0 spiro atoms. The van der Waals surface area contributed by atoms with Gasteiger partial charge in [-0.05, 0) is 35.9 Å². The minimum atomic E-state index is -0.320. The fourth-order valence-corrected chi connectivity index (χ4v) is 2.40. The molecule has 0 aromatic heterocycles. The maximum Gasteiger partial charge on any atom is 0.148 e. The summed E-state index contributed by atoms with van der Waals surface area (Å²) in [5.41, 5.74) is 8.76. The number of anilines is 3. The maximum absolute atomic E-state index is 13.9. The van der Waals surface area contributed by atoms with E-state index in [0.29, 0.717) is 18.0 Å². The molecule has 3 rings (SSSR count). The van der Waals surface area contributed by atoms with Crippen molar-refractivity contribution in [1.29, 1.82) is 0 Å². The molecule has 1 aliphatic rings. The molecule has 0 bridgehead atoms. The Morgan fingerprint density at radius 2 is 2.11 bits per heavy atom. The third kappa shape index (κ3) is 1.99. The van der Waals surface area contributed by atoms with Crippen molar-refractivity contribution in [2.75, 3.05) is 24.3 Å². The molecule has 2 aromatic rings. The van der Waals surface area contributed by atoms with E-state index >= 15 is 0 Å². The van der Waals surface area contributed by atoms with E-state index < -0.39 is 0 Å². The zero-order valence-corrected chi connectivity index (χ0v) is 10.7. The van der Waals surface area contributed by atoms with Gasteiger partial charge in [-0.2, -0.15) is 0 Å². The summed E-state index contributed by atoms with van der Waals surface area (Å²) in [7, 11) is 1.81. The highest BCUT2D eigenvalue weighted by Gasteiger charge is 2.17. The van der Waals surface area contributed by atoms with Gasteiger partial charge in [-0.25, -0.2) is 4.39 Å². The third-order valence-corrected chi connectivity index (χ3v) is 3.41. The number of halogens is 1. The molecule has 0 fully saturated rings. The van der Waals surface area contributed by atoms with Gasteiger partial charge in [0.25, 0.3) is 0 Å². The summed E-state index contributed by atoms with van der Waals surface area (Å²) in [6, 6.07) is 10.6. The molecule has 1 aliphatic heterocycles. The van der Waals surface area contributed by atoms with E-state index in [9.17, 15) is 4.39 Å². The molecule has 3 nitrogen and oxygen atoms in total. The number of nitrogen functional groups attached to an aromatic ring is 1. The Labute approximate surface area is 111 Å². The number of nitrogens with two attached hydrogens (primary N) is 1. The fraction of sp³-hybridized carbons (Fsp3) is 0.200. The summed E-state index contributed by atoms with van der Waals surface area (Å²) in [6.07, 6.45) is 0.893. The second-order valence-electron chi connectivity index (χ2n) is 4.63. The Morgan fingerprint density at radius 3 is 2.89 bits per heavy atom. The van der Waals surface area contributed by atoms with Crippen molar-refractivity contribution in [2.24, 2.45) is 0 Å². The van der Waals surface area contributed by atoms with Crippen LogP contribution in [-0.4, -0.2) is 13.7 Å². The largest absolute Gasteiger partial charge is 0.493 e. The van der Waals surface area contributed by atoms with E-state index in [4.69, 9.17) is 10.5 Å². The quantitative estimate of drug-likeness (QED) is 0.841. The first-order valence-electron chi connectivity index (χ1n) is 6.20. The average molecular weight is 258 g/mol. The number of nitrogens with zero attached hydrogens (tertiary/aromatic N) is 1. The topological polar surface area (TPSA) is 38.5 Å². The first-order chi connectivity index (χ1) is 9.16. The average Bonchev–Trinajstić information content (AvgIpc) is 2.85. The zero-order chi connectivity index (χ0) is 13.4. The monoisotopic (exact) mass is 258 g/mol.